The molecule has 0 bridgehead atoms. The summed E-state index contributed by atoms with van der Waals surface area (Å²) in [5.74, 6) is 0.604. The third kappa shape index (κ3) is 2.55. The van der Waals surface area contributed by atoms with Crippen LogP contribution in [0.4, 0.5) is 0 Å². The highest BCUT2D eigenvalue weighted by atomic mass is 16.2. The molecule has 2 heterocycles. The molecule has 1 amide bonds. The number of rotatable bonds is 4. The van der Waals surface area contributed by atoms with Gasteiger partial charge in [-0.25, -0.2) is 0 Å². The lowest BCUT2D eigenvalue weighted by atomic mass is 10.1. The van der Waals surface area contributed by atoms with Crippen molar-refractivity contribution in [2.24, 2.45) is 5.92 Å². The number of carbonyl (C=O) groups is 1. The van der Waals surface area contributed by atoms with E-state index in [2.05, 4.69) is 22.5 Å². The van der Waals surface area contributed by atoms with E-state index < -0.39 is 0 Å². The minimum absolute atomic E-state index is 0.229. The summed E-state index contributed by atoms with van der Waals surface area (Å²) in [6.07, 6.45) is 3.19. The van der Waals surface area contributed by atoms with E-state index in [0.29, 0.717) is 11.9 Å². The van der Waals surface area contributed by atoms with Crippen LogP contribution in [-0.2, 0) is 4.79 Å². The average molecular weight is 225 g/mol. The van der Waals surface area contributed by atoms with Crippen LogP contribution in [0.2, 0.25) is 0 Å². The molecule has 0 spiro atoms. The second-order valence-corrected chi connectivity index (χ2v) is 4.87. The molecule has 16 heavy (non-hydrogen) atoms. The lowest BCUT2D eigenvalue weighted by Crippen LogP contribution is -2.45. The van der Waals surface area contributed by atoms with Crippen molar-refractivity contribution >= 4 is 5.91 Å². The Balaban J connectivity index is 1.96. The molecule has 2 fully saturated rings. The van der Waals surface area contributed by atoms with Crippen LogP contribution in [0.1, 0.15) is 26.2 Å². The largest absolute Gasteiger partial charge is 0.338 e. The Hall–Kier alpha value is -0.610. The Morgan fingerprint density at radius 2 is 2.00 bits per heavy atom. The predicted molar refractivity (Wildman–Crippen MR) is 64.3 cm³/mol. The average Bonchev–Trinajstić information content (AvgIpc) is 2.96. The van der Waals surface area contributed by atoms with Crippen LogP contribution in [0.5, 0.6) is 0 Å². The molecule has 0 radical (unpaired) electrons. The van der Waals surface area contributed by atoms with E-state index in [-0.39, 0.29) is 5.92 Å². The summed E-state index contributed by atoms with van der Waals surface area (Å²) in [6.45, 7) is 6.97. The first-order valence-corrected chi connectivity index (χ1v) is 6.55. The summed E-state index contributed by atoms with van der Waals surface area (Å²) in [5.41, 5.74) is 0. The zero-order chi connectivity index (χ0) is 11.4. The highest BCUT2D eigenvalue weighted by Gasteiger charge is 2.31. The second-order valence-electron chi connectivity index (χ2n) is 4.87. The fourth-order valence-corrected chi connectivity index (χ4v) is 2.72. The lowest BCUT2D eigenvalue weighted by Gasteiger charge is -2.30. The molecule has 2 rings (SSSR count). The third-order valence-corrected chi connectivity index (χ3v) is 3.63. The van der Waals surface area contributed by atoms with Gasteiger partial charge in [0.2, 0.25) is 5.91 Å². The summed E-state index contributed by atoms with van der Waals surface area (Å²) in [7, 11) is 0. The van der Waals surface area contributed by atoms with Gasteiger partial charge in [-0.15, -0.1) is 0 Å². The normalized spacial score (nSPS) is 29.6. The lowest BCUT2D eigenvalue weighted by molar-refractivity contribution is -0.137. The zero-order valence-corrected chi connectivity index (χ0v) is 10.2. The maximum absolute atomic E-state index is 12.4. The Bertz CT molecular complexity index is 232. The van der Waals surface area contributed by atoms with E-state index in [1.54, 1.807) is 0 Å². The molecule has 2 atom stereocenters. The standard InChI is InChI=1S/C12H23N3O/c1-2-7-15(11-4-6-14-9-11)12(16)10-3-5-13-8-10/h10-11,13-14H,2-9H2,1H3. The topological polar surface area (TPSA) is 44.4 Å². The first kappa shape index (κ1) is 11.9. The van der Waals surface area contributed by atoms with Gasteiger partial charge in [0.25, 0.3) is 0 Å². The Labute approximate surface area is 97.8 Å². The van der Waals surface area contributed by atoms with E-state index in [9.17, 15) is 4.79 Å². The number of amides is 1. The minimum Gasteiger partial charge on any atom is -0.338 e. The number of hydrogen-bond donors (Lipinski definition) is 2. The van der Waals surface area contributed by atoms with Crippen LogP contribution in [0.15, 0.2) is 0 Å². The third-order valence-electron chi connectivity index (χ3n) is 3.63. The van der Waals surface area contributed by atoms with Gasteiger partial charge < -0.3 is 15.5 Å². The zero-order valence-electron chi connectivity index (χ0n) is 10.2. The maximum atomic E-state index is 12.4. The molecule has 2 aliphatic rings. The number of nitrogens with zero attached hydrogens (tertiary/aromatic N) is 1. The predicted octanol–water partition coefficient (Wildman–Crippen LogP) is 0.196. The van der Waals surface area contributed by atoms with E-state index >= 15 is 0 Å². The van der Waals surface area contributed by atoms with Crippen LogP contribution < -0.4 is 10.6 Å². The van der Waals surface area contributed by atoms with Gasteiger partial charge in [-0.1, -0.05) is 6.92 Å². The molecule has 4 nitrogen and oxygen atoms in total. The second kappa shape index (κ2) is 5.64. The van der Waals surface area contributed by atoms with E-state index in [0.717, 1.165) is 52.0 Å². The van der Waals surface area contributed by atoms with Crippen LogP contribution >= 0.6 is 0 Å². The fourth-order valence-electron chi connectivity index (χ4n) is 2.72. The number of carbonyl (C=O) groups excluding carboxylic acids is 1. The molecule has 0 aromatic rings. The van der Waals surface area contributed by atoms with Crippen molar-refractivity contribution in [1.29, 1.82) is 0 Å². The van der Waals surface area contributed by atoms with Gasteiger partial charge in [0.15, 0.2) is 0 Å². The van der Waals surface area contributed by atoms with E-state index in [1.165, 1.54) is 0 Å². The first-order chi connectivity index (χ1) is 7.83. The van der Waals surface area contributed by atoms with E-state index in [4.69, 9.17) is 0 Å². The summed E-state index contributed by atoms with van der Waals surface area (Å²) in [5, 5.41) is 6.62. The smallest absolute Gasteiger partial charge is 0.227 e. The van der Waals surface area contributed by atoms with Gasteiger partial charge >= 0.3 is 0 Å². The first-order valence-electron chi connectivity index (χ1n) is 6.55. The van der Waals surface area contributed by atoms with Crippen LogP contribution in [0, 0.1) is 5.92 Å². The Kier molecular flexibility index (Phi) is 4.18. The van der Waals surface area contributed by atoms with Gasteiger partial charge in [-0.2, -0.15) is 0 Å². The maximum Gasteiger partial charge on any atom is 0.227 e. The molecule has 2 aliphatic heterocycles. The molecule has 4 heteroatoms. The van der Waals surface area contributed by atoms with Crippen molar-refractivity contribution in [2.45, 2.75) is 32.2 Å². The van der Waals surface area contributed by atoms with Gasteiger partial charge in [0.05, 0.1) is 5.92 Å². The summed E-state index contributed by atoms with van der Waals surface area (Å²) in [4.78, 5) is 14.5. The Morgan fingerprint density at radius 1 is 1.25 bits per heavy atom. The van der Waals surface area contributed by atoms with Crippen molar-refractivity contribution < 1.29 is 4.79 Å². The Morgan fingerprint density at radius 3 is 2.56 bits per heavy atom. The summed E-state index contributed by atoms with van der Waals surface area (Å²) >= 11 is 0. The monoisotopic (exact) mass is 225 g/mol. The minimum atomic E-state index is 0.229. The van der Waals surface area contributed by atoms with Crippen molar-refractivity contribution in [3.63, 3.8) is 0 Å². The molecule has 2 N–H and O–H groups in total. The van der Waals surface area contributed by atoms with Crippen LogP contribution in [-0.4, -0.2) is 49.6 Å². The van der Waals surface area contributed by atoms with Crippen molar-refractivity contribution in [3.8, 4) is 0 Å². The fraction of sp³-hybridized carbons (Fsp3) is 0.917. The summed E-state index contributed by atoms with van der Waals surface area (Å²) < 4.78 is 0. The number of hydrogen-bond acceptors (Lipinski definition) is 3. The van der Waals surface area contributed by atoms with E-state index in [1.807, 2.05) is 0 Å². The molecule has 0 aromatic carbocycles. The molecule has 2 saturated heterocycles. The molecular formula is C12H23N3O. The van der Waals surface area contributed by atoms with Crippen LogP contribution in [0.25, 0.3) is 0 Å². The van der Waals surface area contributed by atoms with Crippen molar-refractivity contribution in [2.75, 3.05) is 32.7 Å². The van der Waals surface area contributed by atoms with Gasteiger partial charge in [-0.3, -0.25) is 4.79 Å². The highest BCUT2D eigenvalue weighted by Crippen LogP contribution is 2.17. The van der Waals surface area contributed by atoms with Gasteiger partial charge in [-0.05, 0) is 32.4 Å². The molecule has 92 valence electrons. The van der Waals surface area contributed by atoms with Crippen LogP contribution in [0.3, 0.4) is 0 Å². The SMILES string of the molecule is CCCN(C(=O)C1CCNC1)C1CCNC1. The van der Waals surface area contributed by atoms with Crippen molar-refractivity contribution in [1.82, 2.24) is 15.5 Å². The molecule has 0 aliphatic carbocycles. The quantitative estimate of drug-likeness (QED) is 0.718. The molecule has 0 saturated carbocycles. The van der Waals surface area contributed by atoms with Crippen molar-refractivity contribution in [3.05, 3.63) is 0 Å². The highest BCUT2D eigenvalue weighted by molar-refractivity contribution is 5.79. The molecule has 0 aromatic heterocycles. The van der Waals surface area contributed by atoms with Gasteiger partial charge in [0, 0.05) is 25.7 Å². The molecular weight excluding hydrogens is 202 g/mol. The van der Waals surface area contributed by atoms with Gasteiger partial charge in [0.1, 0.15) is 0 Å². The number of nitrogens with one attached hydrogen (secondary N) is 2. The summed E-state index contributed by atoms with van der Waals surface area (Å²) in [6, 6.07) is 0.438. The molecule has 2 unspecified atom stereocenters.